The summed E-state index contributed by atoms with van der Waals surface area (Å²) in [6.07, 6.45) is 1.95. The maximum atomic E-state index is 5.47. The standard InChI is InChI=1S/C14H28N4O3/c1-13(2)10-15-11-14-12-18(17-16-14)4-5-20-8-9-21-7-6-19-3/h12-13,15H,4-11H2,1-3H3. The van der Waals surface area contributed by atoms with Crippen molar-refractivity contribution in [3.8, 4) is 0 Å². The first-order chi connectivity index (χ1) is 10.2. The van der Waals surface area contributed by atoms with Gasteiger partial charge in [0.2, 0.25) is 0 Å². The number of hydrogen-bond donors (Lipinski definition) is 1. The van der Waals surface area contributed by atoms with Crippen LogP contribution in [0.3, 0.4) is 0 Å². The monoisotopic (exact) mass is 300 g/mol. The molecule has 0 amide bonds. The van der Waals surface area contributed by atoms with Crippen LogP contribution >= 0.6 is 0 Å². The van der Waals surface area contributed by atoms with Gasteiger partial charge >= 0.3 is 0 Å². The summed E-state index contributed by atoms with van der Waals surface area (Å²) in [5.41, 5.74) is 0.957. The van der Waals surface area contributed by atoms with Crippen LogP contribution in [0.5, 0.6) is 0 Å². The van der Waals surface area contributed by atoms with E-state index in [0.29, 0.717) is 45.5 Å². The van der Waals surface area contributed by atoms with Crippen molar-refractivity contribution in [1.82, 2.24) is 20.3 Å². The van der Waals surface area contributed by atoms with E-state index in [2.05, 4.69) is 29.5 Å². The van der Waals surface area contributed by atoms with E-state index >= 15 is 0 Å². The van der Waals surface area contributed by atoms with E-state index in [1.807, 2.05) is 6.20 Å². The lowest BCUT2D eigenvalue weighted by atomic mass is 10.2. The minimum absolute atomic E-state index is 0.585. The fourth-order valence-electron chi connectivity index (χ4n) is 1.64. The Morgan fingerprint density at radius 2 is 1.86 bits per heavy atom. The number of rotatable bonds is 13. The lowest BCUT2D eigenvalue weighted by molar-refractivity contribution is 0.0224. The van der Waals surface area contributed by atoms with E-state index in [9.17, 15) is 0 Å². The molecule has 1 aromatic rings. The maximum Gasteiger partial charge on any atom is 0.0964 e. The van der Waals surface area contributed by atoms with E-state index in [-0.39, 0.29) is 0 Å². The average molecular weight is 300 g/mol. The van der Waals surface area contributed by atoms with Gasteiger partial charge in [-0.05, 0) is 12.5 Å². The molecule has 0 saturated carbocycles. The second kappa shape index (κ2) is 11.6. The van der Waals surface area contributed by atoms with Crippen molar-refractivity contribution in [2.24, 2.45) is 5.92 Å². The molecule has 1 aromatic heterocycles. The Morgan fingerprint density at radius 1 is 1.14 bits per heavy atom. The molecule has 7 heteroatoms. The van der Waals surface area contributed by atoms with Gasteiger partial charge in [0.1, 0.15) is 0 Å². The zero-order valence-corrected chi connectivity index (χ0v) is 13.4. The van der Waals surface area contributed by atoms with Gasteiger partial charge in [0, 0.05) is 19.9 Å². The second-order valence-electron chi connectivity index (χ2n) is 5.22. The largest absolute Gasteiger partial charge is 0.382 e. The van der Waals surface area contributed by atoms with Crippen molar-refractivity contribution in [3.63, 3.8) is 0 Å². The van der Waals surface area contributed by atoms with Crippen LogP contribution in [0.25, 0.3) is 0 Å². The summed E-state index contributed by atoms with van der Waals surface area (Å²) in [7, 11) is 1.66. The number of aromatic nitrogens is 3. The highest BCUT2D eigenvalue weighted by molar-refractivity contribution is 4.91. The van der Waals surface area contributed by atoms with Crippen molar-refractivity contribution in [1.29, 1.82) is 0 Å². The first-order valence-corrected chi connectivity index (χ1v) is 7.46. The fraction of sp³-hybridized carbons (Fsp3) is 0.857. The first kappa shape index (κ1) is 18.0. The Kier molecular flexibility index (Phi) is 9.98. The van der Waals surface area contributed by atoms with Gasteiger partial charge < -0.3 is 19.5 Å². The Hall–Kier alpha value is -1.02. The molecule has 0 aliphatic heterocycles. The molecule has 122 valence electrons. The molecule has 0 aliphatic carbocycles. The summed E-state index contributed by atoms with van der Waals surface area (Å²) in [6.45, 7) is 9.81. The summed E-state index contributed by atoms with van der Waals surface area (Å²) in [5, 5.41) is 11.5. The molecule has 0 saturated heterocycles. The number of methoxy groups -OCH3 is 1. The topological polar surface area (TPSA) is 70.4 Å². The summed E-state index contributed by atoms with van der Waals surface area (Å²) in [5.74, 6) is 0.638. The van der Waals surface area contributed by atoms with Crippen LogP contribution in [-0.4, -0.2) is 61.7 Å². The smallest absolute Gasteiger partial charge is 0.0964 e. The molecule has 0 spiro atoms. The third kappa shape index (κ3) is 9.52. The number of hydrogen-bond acceptors (Lipinski definition) is 6. The molecule has 0 bridgehead atoms. The van der Waals surface area contributed by atoms with Crippen molar-refractivity contribution >= 4 is 0 Å². The van der Waals surface area contributed by atoms with Crippen LogP contribution in [0.2, 0.25) is 0 Å². The summed E-state index contributed by atoms with van der Waals surface area (Å²) < 4.78 is 17.5. The van der Waals surface area contributed by atoms with E-state index in [1.54, 1.807) is 11.8 Å². The second-order valence-corrected chi connectivity index (χ2v) is 5.22. The number of ether oxygens (including phenoxy) is 3. The quantitative estimate of drug-likeness (QED) is 0.541. The third-order valence-corrected chi connectivity index (χ3v) is 2.71. The predicted octanol–water partition coefficient (Wildman–Crippen LogP) is 0.703. The lowest BCUT2D eigenvalue weighted by Crippen LogP contribution is -2.19. The van der Waals surface area contributed by atoms with Gasteiger partial charge in [-0.3, -0.25) is 0 Å². The zero-order valence-electron chi connectivity index (χ0n) is 13.4. The average Bonchev–Trinajstić information content (AvgIpc) is 2.89. The van der Waals surface area contributed by atoms with Crippen molar-refractivity contribution in [2.75, 3.05) is 46.7 Å². The van der Waals surface area contributed by atoms with Gasteiger partial charge in [0.25, 0.3) is 0 Å². The van der Waals surface area contributed by atoms with Gasteiger partial charge in [-0.25, -0.2) is 4.68 Å². The van der Waals surface area contributed by atoms with Crippen LogP contribution in [0.1, 0.15) is 19.5 Å². The number of nitrogens with one attached hydrogen (secondary N) is 1. The van der Waals surface area contributed by atoms with E-state index < -0.39 is 0 Å². The summed E-state index contributed by atoms with van der Waals surface area (Å²) in [4.78, 5) is 0. The highest BCUT2D eigenvalue weighted by atomic mass is 16.5. The summed E-state index contributed by atoms with van der Waals surface area (Å²) in [6, 6.07) is 0. The normalized spacial score (nSPS) is 11.4. The van der Waals surface area contributed by atoms with Crippen molar-refractivity contribution in [2.45, 2.75) is 26.9 Å². The van der Waals surface area contributed by atoms with E-state index in [4.69, 9.17) is 14.2 Å². The molecular formula is C14H28N4O3. The van der Waals surface area contributed by atoms with Gasteiger partial charge in [-0.15, -0.1) is 5.10 Å². The molecule has 7 nitrogen and oxygen atoms in total. The minimum Gasteiger partial charge on any atom is -0.382 e. The highest BCUT2D eigenvalue weighted by Crippen LogP contribution is 1.95. The molecule has 21 heavy (non-hydrogen) atoms. The van der Waals surface area contributed by atoms with Gasteiger partial charge in [-0.2, -0.15) is 0 Å². The Balaban J connectivity index is 2.01. The predicted molar refractivity (Wildman–Crippen MR) is 80.1 cm³/mol. The Morgan fingerprint density at radius 3 is 2.57 bits per heavy atom. The molecule has 0 aliphatic rings. The van der Waals surface area contributed by atoms with E-state index in [1.165, 1.54) is 0 Å². The molecule has 1 heterocycles. The molecule has 0 unspecified atom stereocenters. The first-order valence-electron chi connectivity index (χ1n) is 7.46. The molecule has 1 rings (SSSR count). The van der Waals surface area contributed by atoms with Crippen LogP contribution in [0.15, 0.2) is 6.20 Å². The molecule has 0 aromatic carbocycles. The molecular weight excluding hydrogens is 272 g/mol. The van der Waals surface area contributed by atoms with Crippen LogP contribution in [0, 0.1) is 5.92 Å². The van der Waals surface area contributed by atoms with E-state index in [0.717, 1.165) is 18.8 Å². The fourth-order valence-corrected chi connectivity index (χ4v) is 1.64. The number of nitrogens with zero attached hydrogens (tertiary/aromatic N) is 3. The molecule has 0 radical (unpaired) electrons. The van der Waals surface area contributed by atoms with Gasteiger partial charge in [-0.1, -0.05) is 19.1 Å². The van der Waals surface area contributed by atoms with Crippen LogP contribution in [0.4, 0.5) is 0 Å². The van der Waals surface area contributed by atoms with Crippen molar-refractivity contribution in [3.05, 3.63) is 11.9 Å². The summed E-state index contributed by atoms with van der Waals surface area (Å²) >= 11 is 0. The van der Waals surface area contributed by atoms with Gasteiger partial charge in [0.15, 0.2) is 0 Å². The van der Waals surface area contributed by atoms with Crippen LogP contribution in [-0.2, 0) is 27.3 Å². The van der Waals surface area contributed by atoms with Crippen molar-refractivity contribution < 1.29 is 14.2 Å². The highest BCUT2D eigenvalue weighted by Gasteiger charge is 2.01. The lowest BCUT2D eigenvalue weighted by Gasteiger charge is -2.05. The molecule has 0 atom stereocenters. The molecule has 1 N–H and O–H groups in total. The third-order valence-electron chi connectivity index (χ3n) is 2.71. The Bertz CT molecular complexity index is 358. The minimum atomic E-state index is 0.585. The Labute approximate surface area is 126 Å². The zero-order chi connectivity index (χ0) is 15.3. The SMILES string of the molecule is COCCOCCOCCn1cc(CNCC(C)C)nn1. The van der Waals surface area contributed by atoms with Gasteiger partial charge in [0.05, 0.1) is 45.3 Å². The maximum absolute atomic E-state index is 5.47. The molecule has 0 fully saturated rings. The van der Waals surface area contributed by atoms with Crippen LogP contribution < -0.4 is 5.32 Å².